The Morgan fingerprint density at radius 3 is 2.76 bits per heavy atom. The third-order valence-corrected chi connectivity index (χ3v) is 5.61. The first-order valence-electron chi connectivity index (χ1n) is 10.4. The minimum Gasteiger partial charge on any atom is -0.389 e. The number of hydrogen-bond acceptors (Lipinski definition) is 4. The topological polar surface area (TPSA) is 59.3 Å². The third-order valence-electron chi connectivity index (χ3n) is 5.61. The lowest BCUT2D eigenvalue weighted by atomic mass is 9.89. The van der Waals surface area contributed by atoms with Crippen LogP contribution in [0.15, 0.2) is 67.0 Å². The van der Waals surface area contributed by atoms with Crippen molar-refractivity contribution < 1.29 is 9.84 Å². The quantitative estimate of drug-likeness (QED) is 0.617. The molecule has 0 fully saturated rings. The number of rotatable bonds is 8. The van der Waals surface area contributed by atoms with E-state index in [2.05, 4.69) is 46.7 Å². The molecule has 0 saturated carbocycles. The predicted octanol–water partition coefficient (Wildman–Crippen LogP) is 3.55. The Morgan fingerprint density at radius 2 is 1.97 bits per heavy atom. The monoisotopic (exact) mass is 391 g/mol. The number of aliphatic hydroxyl groups is 1. The molecule has 0 spiro atoms. The lowest BCUT2D eigenvalue weighted by molar-refractivity contribution is -0.0172. The minimum atomic E-state index is -0.587. The number of imidazole rings is 1. The Bertz CT molecular complexity index is 909. The van der Waals surface area contributed by atoms with Crippen LogP contribution < -0.4 is 5.32 Å². The fraction of sp³-hybridized carbons (Fsp3) is 0.375. The zero-order valence-electron chi connectivity index (χ0n) is 16.9. The van der Waals surface area contributed by atoms with Crippen LogP contribution in [0.2, 0.25) is 0 Å². The summed E-state index contributed by atoms with van der Waals surface area (Å²) in [6, 6.07) is 18.6. The summed E-state index contributed by atoms with van der Waals surface area (Å²) in [5, 5.41) is 14.0. The van der Waals surface area contributed by atoms with E-state index in [-0.39, 0.29) is 12.1 Å². The first-order valence-corrected chi connectivity index (χ1v) is 10.4. The van der Waals surface area contributed by atoms with Gasteiger partial charge in [0.25, 0.3) is 0 Å². The van der Waals surface area contributed by atoms with E-state index >= 15 is 0 Å². The molecule has 5 nitrogen and oxygen atoms in total. The van der Waals surface area contributed by atoms with Gasteiger partial charge in [0.15, 0.2) is 0 Å². The molecule has 0 bridgehead atoms. The van der Waals surface area contributed by atoms with Crippen LogP contribution >= 0.6 is 0 Å². The van der Waals surface area contributed by atoms with E-state index in [0.717, 1.165) is 30.7 Å². The van der Waals surface area contributed by atoms with E-state index in [4.69, 9.17) is 4.74 Å². The van der Waals surface area contributed by atoms with Crippen molar-refractivity contribution in [1.29, 1.82) is 0 Å². The summed E-state index contributed by atoms with van der Waals surface area (Å²) >= 11 is 0. The molecule has 29 heavy (non-hydrogen) atoms. The zero-order valence-corrected chi connectivity index (χ0v) is 16.9. The first-order chi connectivity index (χ1) is 14.2. The molecule has 1 aliphatic carbocycles. The molecular weight excluding hydrogens is 362 g/mol. The largest absolute Gasteiger partial charge is 0.389 e. The summed E-state index contributed by atoms with van der Waals surface area (Å²) in [5.74, 6) is 0.922. The highest BCUT2D eigenvalue weighted by Gasteiger charge is 2.22. The Morgan fingerprint density at radius 1 is 1.17 bits per heavy atom. The highest BCUT2D eigenvalue weighted by molar-refractivity contribution is 5.31. The van der Waals surface area contributed by atoms with Crippen LogP contribution in [0.1, 0.15) is 47.5 Å². The van der Waals surface area contributed by atoms with Crippen molar-refractivity contribution in [3.05, 3.63) is 89.5 Å². The van der Waals surface area contributed by atoms with Crippen molar-refractivity contribution in [2.75, 3.05) is 13.2 Å². The van der Waals surface area contributed by atoms with Gasteiger partial charge in [-0.05, 0) is 36.0 Å². The number of benzene rings is 2. The van der Waals surface area contributed by atoms with Crippen molar-refractivity contribution in [1.82, 2.24) is 14.9 Å². The van der Waals surface area contributed by atoms with Crippen molar-refractivity contribution in [3.63, 3.8) is 0 Å². The molecule has 152 valence electrons. The Kier molecular flexibility index (Phi) is 6.39. The molecule has 0 radical (unpaired) electrons. The second kappa shape index (κ2) is 9.35. The summed E-state index contributed by atoms with van der Waals surface area (Å²) in [6.07, 6.45) is 6.48. The number of aliphatic hydroxyl groups excluding tert-OH is 1. The minimum absolute atomic E-state index is 0.0778. The standard InChI is InChI=1S/C24H29N3O2/c1-27-15-14-25-24(27)23(19-9-3-2-4-10-19)26-16-20(28)17-29-22-13-7-11-18-8-5-6-12-21(18)22/h2-6,8-10,12,14-15,20,22-23,26,28H,7,11,13,16-17H2,1H3. The maximum absolute atomic E-state index is 10.6. The second-order valence-electron chi connectivity index (χ2n) is 7.72. The number of hydrogen-bond donors (Lipinski definition) is 2. The number of aromatic nitrogens is 2. The van der Waals surface area contributed by atoms with Gasteiger partial charge in [-0.15, -0.1) is 0 Å². The maximum atomic E-state index is 10.6. The second-order valence-corrected chi connectivity index (χ2v) is 7.72. The average Bonchev–Trinajstić information content (AvgIpc) is 3.19. The molecule has 3 aromatic rings. The highest BCUT2D eigenvalue weighted by Crippen LogP contribution is 2.32. The van der Waals surface area contributed by atoms with E-state index in [1.165, 1.54) is 11.1 Å². The molecule has 3 atom stereocenters. The Labute approximate surface area is 172 Å². The van der Waals surface area contributed by atoms with E-state index < -0.39 is 6.10 Å². The van der Waals surface area contributed by atoms with Crippen molar-refractivity contribution >= 4 is 0 Å². The molecule has 2 aromatic carbocycles. The smallest absolute Gasteiger partial charge is 0.130 e. The Hall–Kier alpha value is -2.47. The maximum Gasteiger partial charge on any atom is 0.130 e. The van der Waals surface area contributed by atoms with Crippen molar-refractivity contribution in [3.8, 4) is 0 Å². The SMILES string of the molecule is Cn1ccnc1C(NCC(O)COC1CCCc2ccccc21)c1ccccc1. The van der Waals surface area contributed by atoms with Gasteiger partial charge in [0.1, 0.15) is 5.82 Å². The number of fused-ring (bicyclic) bond motifs is 1. The zero-order chi connectivity index (χ0) is 20.1. The van der Waals surface area contributed by atoms with E-state index in [0.29, 0.717) is 13.2 Å². The average molecular weight is 392 g/mol. The summed E-state index contributed by atoms with van der Waals surface area (Å²) in [4.78, 5) is 4.50. The molecular formula is C24H29N3O2. The summed E-state index contributed by atoms with van der Waals surface area (Å²) in [6.45, 7) is 0.745. The van der Waals surface area contributed by atoms with Crippen LogP contribution in [0.25, 0.3) is 0 Å². The van der Waals surface area contributed by atoms with Gasteiger partial charge in [-0.3, -0.25) is 0 Å². The van der Waals surface area contributed by atoms with Crippen LogP contribution in [0.3, 0.4) is 0 Å². The first kappa shape index (κ1) is 19.8. The van der Waals surface area contributed by atoms with Gasteiger partial charge in [0.05, 0.1) is 24.9 Å². The molecule has 0 saturated heterocycles. The van der Waals surface area contributed by atoms with Gasteiger partial charge in [-0.1, -0.05) is 54.6 Å². The number of ether oxygens (including phenoxy) is 1. The number of nitrogens with zero attached hydrogens (tertiary/aromatic N) is 2. The van der Waals surface area contributed by atoms with E-state index in [9.17, 15) is 5.11 Å². The lowest BCUT2D eigenvalue weighted by Gasteiger charge is -2.27. The van der Waals surface area contributed by atoms with Gasteiger partial charge in [-0.2, -0.15) is 0 Å². The van der Waals surface area contributed by atoms with Crippen LogP contribution in [0.5, 0.6) is 0 Å². The molecule has 2 N–H and O–H groups in total. The normalized spacial score (nSPS) is 18.2. The van der Waals surface area contributed by atoms with Crippen LogP contribution in [0.4, 0.5) is 0 Å². The fourth-order valence-corrected chi connectivity index (χ4v) is 4.08. The predicted molar refractivity (Wildman–Crippen MR) is 114 cm³/mol. The molecule has 0 amide bonds. The van der Waals surface area contributed by atoms with E-state index in [1.54, 1.807) is 6.20 Å². The summed E-state index contributed by atoms with van der Waals surface area (Å²) in [7, 11) is 1.99. The van der Waals surface area contributed by atoms with Gasteiger partial charge in [0.2, 0.25) is 0 Å². The molecule has 4 rings (SSSR count). The molecule has 1 heterocycles. The van der Waals surface area contributed by atoms with Crippen LogP contribution in [-0.2, 0) is 18.2 Å². The van der Waals surface area contributed by atoms with Crippen molar-refractivity contribution in [2.45, 2.75) is 37.5 Å². The third kappa shape index (κ3) is 4.75. The summed E-state index contributed by atoms with van der Waals surface area (Å²) < 4.78 is 8.12. The van der Waals surface area contributed by atoms with Crippen molar-refractivity contribution in [2.24, 2.45) is 7.05 Å². The number of nitrogens with one attached hydrogen (secondary N) is 1. The summed E-state index contributed by atoms with van der Waals surface area (Å²) in [5.41, 5.74) is 3.76. The van der Waals surface area contributed by atoms with Gasteiger partial charge < -0.3 is 19.7 Å². The molecule has 1 aromatic heterocycles. The Balaban J connectivity index is 1.37. The van der Waals surface area contributed by atoms with Gasteiger partial charge in [-0.25, -0.2) is 4.98 Å². The van der Waals surface area contributed by atoms with Gasteiger partial charge >= 0.3 is 0 Å². The molecule has 5 heteroatoms. The van der Waals surface area contributed by atoms with Crippen LogP contribution in [0, 0.1) is 0 Å². The molecule has 0 aliphatic heterocycles. The fourth-order valence-electron chi connectivity index (χ4n) is 4.08. The highest BCUT2D eigenvalue weighted by atomic mass is 16.5. The molecule has 3 unspecified atom stereocenters. The number of aryl methyl sites for hydroxylation is 2. The van der Waals surface area contributed by atoms with Crippen LogP contribution in [-0.4, -0.2) is 33.9 Å². The van der Waals surface area contributed by atoms with Gasteiger partial charge in [0, 0.05) is 26.0 Å². The van der Waals surface area contributed by atoms with E-state index in [1.807, 2.05) is 36.0 Å². The lowest BCUT2D eigenvalue weighted by Crippen LogP contribution is -2.35. The molecule has 1 aliphatic rings.